The molecule has 0 aromatic heterocycles. The molecule has 2 aromatic rings. The topological polar surface area (TPSA) is 21.3 Å². The molecule has 2 nitrogen and oxygen atoms in total. The highest BCUT2D eigenvalue weighted by molar-refractivity contribution is 5.42. The molecule has 100 valence electrons. The molecule has 0 aliphatic rings. The average molecular weight is 255 g/mol. The molecule has 2 heteroatoms. The Morgan fingerprint density at radius 1 is 0.789 bits per heavy atom. The fourth-order valence-corrected chi connectivity index (χ4v) is 1.88. The Morgan fingerprint density at radius 3 is 2.21 bits per heavy atom. The van der Waals surface area contributed by atoms with E-state index in [1.165, 1.54) is 11.3 Å². The number of para-hydroxylation sites is 1. The number of hydrogen-bond acceptors (Lipinski definition) is 2. The first-order chi connectivity index (χ1) is 9.45. The van der Waals surface area contributed by atoms with Crippen molar-refractivity contribution in [1.82, 2.24) is 0 Å². The number of ether oxygens (including phenoxy) is 1. The number of hydrogen-bond donors (Lipinski definition) is 1. The molecule has 0 radical (unpaired) electrons. The van der Waals surface area contributed by atoms with E-state index in [2.05, 4.69) is 29.6 Å². The van der Waals surface area contributed by atoms with Gasteiger partial charge in [0.05, 0.1) is 6.61 Å². The molecule has 2 aromatic carbocycles. The van der Waals surface area contributed by atoms with Gasteiger partial charge < -0.3 is 10.1 Å². The lowest BCUT2D eigenvalue weighted by atomic mass is 10.2. The summed E-state index contributed by atoms with van der Waals surface area (Å²) in [6.07, 6.45) is 2.22. The zero-order valence-corrected chi connectivity index (χ0v) is 11.2. The lowest BCUT2D eigenvalue weighted by molar-refractivity contribution is 0.118. The van der Waals surface area contributed by atoms with Gasteiger partial charge in [0.1, 0.15) is 0 Å². The van der Waals surface area contributed by atoms with Crippen molar-refractivity contribution in [2.24, 2.45) is 0 Å². The van der Waals surface area contributed by atoms with Gasteiger partial charge in [0, 0.05) is 18.8 Å². The van der Waals surface area contributed by atoms with Crippen molar-refractivity contribution >= 4 is 5.69 Å². The molecular weight excluding hydrogens is 234 g/mol. The number of nitrogens with one attached hydrogen (secondary N) is 1. The predicted molar refractivity (Wildman–Crippen MR) is 80.3 cm³/mol. The van der Waals surface area contributed by atoms with Crippen molar-refractivity contribution in [3.8, 4) is 0 Å². The Bertz CT molecular complexity index is 398. The molecule has 1 N–H and O–H groups in total. The van der Waals surface area contributed by atoms with Crippen LogP contribution in [0.1, 0.15) is 18.4 Å². The second kappa shape index (κ2) is 8.33. The van der Waals surface area contributed by atoms with E-state index in [1.807, 2.05) is 36.4 Å². The van der Waals surface area contributed by atoms with E-state index < -0.39 is 0 Å². The molecule has 0 atom stereocenters. The molecule has 0 aliphatic carbocycles. The zero-order valence-electron chi connectivity index (χ0n) is 11.2. The van der Waals surface area contributed by atoms with Crippen LogP contribution in [-0.2, 0) is 11.3 Å². The number of benzene rings is 2. The monoisotopic (exact) mass is 255 g/mol. The van der Waals surface area contributed by atoms with Crippen LogP contribution in [0.3, 0.4) is 0 Å². The van der Waals surface area contributed by atoms with E-state index in [0.717, 1.165) is 26.0 Å². The third kappa shape index (κ3) is 5.58. The van der Waals surface area contributed by atoms with Crippen molar-refractivity contribution < 1.29 is 4.74 Å². The first-order valence-electron chi connectivity index (χ1n) is 6.86. The Hall–Kier alpha value is -1.80. The Kier molecular flexibility index (Phi) is 5.97. The van der Waals surface area contributed by atoms with Crippen molar-refractivity contribution in [2.75, 3.05) is 18.5 Å². The minimum absolute atomic E-state index is 0.715. The van der Waals surface area contributed by atoms with Gasteiger partial charge in [-0.05, 0) is 30.5 Å². The molecule has 0 saturated carbocycles. The Labute approximate surface area is 115 Å². The molecule has 2 rings (SSSR count). The Morgan fingerprint density at radius 2 is 1.47 bits per heavy atom. The average Bonchev–Trinajstić information content (AvgIpc) is 2.48. The summed E-state index contributed by atoms with van der Waals surface area (Å²) in [5, 5.41) is 3.40. The van der Waals surface area contributed by atoms with Crippen LogP contribution >= 0.6 is 0 Å². The van der Waals surface area contributed by atoms with E-state index in [9.17, 15) is 0 Å². The summed E-state index contributed by atoms with van der Waals surface area (Å²) < 4.78 is 5.64. The van der Waals surface area contributed by atoms with E-state index in [1.54, 1.807) is 0 Å². The minimum Gasteiger partial charge on any atom is -0.385 e. The van der Waals surface area contributed by atoms with E-state index in [-0.39, 0.29) is 0 Å². The summed E-state index contributed by atoms with van der Waals surface area (Å²) >= 11 is 0. The smallest absolute Gasteiger partial charge is 0.0716 e. The number of anilines is 1. The van der Waals surface area contributed by atoms with E-state index in [4.69, 9.17) is 4.74 Å². The van der Waals surface area contributed by atoms with Crippen molar-refractivity contribution in [3.05, 3.63) is 66.2 Å². The lowest BCUT2D eigenvalue weighted by Crippen LogP contribution is -2.03. The Balaban J connectivity index is 1.49. The van der Waals surface area contributed by atoms with Gasteiger partial charge in [-0.1, -0.05) is 48.5 Å². The highest BCUT2D eigenvalue weighted by atomic mass is 16.5. The number of unbranched alkanes of at least 4 members (excludes halogenated alkanes) is 1. The molecule has 0 spiro atoms. The van der Waals surface area contributed by atoms with Crippen LogP contribution < -0.4 is 5.32 Å². The van der Waals surface area contributed by atoms with Crippen LogP contribution in [0, 0.1) is 0 Å². The second-order valence-electron chi connectivity index (χ2n) is 4.54. The third-order valence-electron chi connectivity index (χ3n) is 2.93. The summed E-state index contributed by atoms with van der Waals surface area (Å²) in [6.45, 7) is 2.54. The quantitative estimate of drug-likeness (QED) is 0.717. The fraction of sp³-hybridized carbons (Fsp3) is 0.294. The minimum atomic E-state index is 0.715. The van der Waals surface area contributed by atoms with Crippen molar-refractivity contribution in [3.63, 3.8) is 0 Å². The number of rotatable bonds is 8. The highest BCUT2D eigenvalue weighted by Gasteiger charge is 1.93. The normalized spacial score (nSPS) is 10.3. The summed E-state index contributed by atoms with van der Waals surface area (Å²) in [7, 11) is 0. The SMILES string of the molecule is c1ccc(COCCCCNc2ccccc2)cc1. The zero-order chi connectivity index (χ0) is 13.2. The first kappa shape index (κ1) is 13.6. The van der Waals surface area contributed by atoms with Gasteiger partial charge in [0.25, 0.3) is 0 Å². The standard InChI is InChI=1S/C17H21NO/c1-3-9-16(10-4-1)15-19-14-8-7-13-18-17-11-5-2-6-12-17/h1-6,9-12,18H,7-8,13-15H2. The maximum absolute atomic E-state index is 5.64. The summed E-state index contributed by atoms with van der Waals surface area (Å²) in [6, 6.07) is 20.6. The van der Waals surface area contributed by atoms with Crippen LogP contribution in [0.5, 0.6) is 0 Å². The maximum Gasteiger partial charge on any atom is 0.0716 e. The predicted octanol–water partition coefficient (Wildman–Crippen LogP) is 4.10. The molecule has 0 heterocycles. The molecule has 0 fully saturated rings. The molecular formula is C17H21NO. The molecule has 19 heavy (non-hydrogen) atoms. The molecule has 0 unspecified atom stereocenters. The van der Waals surface area contributed by atoms with Crippen molar-refractivity contribution in [2.45, 2.75) is 19.4 Å². The molecule has 0 saturated heterocycles. The van der Waals surface area contributed by atoms with Crippen LogP contribution in [0.15, 0.2) is 60.7 Å². The molecule has 0 bridgehead atoms. The largest absolute Gasteiger partial charge is 0.385 e. The molecule has 0 amide bonds. The van der Waals surface area contributed by atoms with E-state index in [0.29, 0.717) is 6.61 Å². The lowest BCUT2D eigenvalue weighted by Gasteiger charge is -2.07. The van der Waals surface area contributed by atoms with E-state index >= 15 is 0 Å². The highest BCUT2D eigenvalue weighted by Crippen LogP contribution is 2.05. The van der Waals surface area contributed by atoms with Crippen LogP contribution in [0.4, 0.5) is 5.69 Å². The fourth-order valence-electron chi connectivity index (χ4n) is 1.88. The van der Waals surface area contributed by atoms with Crippen LogP contribution in [-0.4, -0.2) is 13.2 Å². The van der Waals surface area contributed by atoms with Crippen LogP contribution in [0.25, 0.3) is 0 Å². The van der Waals surface area contributed by atoms with Gasteiger partial charge in [-0.3, -0.25) is 0 Å². The van der Waals surface area contributed by atoms with Gasteiger partial charge in [0.15, 0.2) is 0 Å². The van der Waals surface area contributed by atoms with Gasteiger partial charge in [-0.2, -0.15) is 0 Å². The third-order valence-corrected chi connectivity index (χ3v) is 2.93. The van der Waals surface area contributed by atoms with Gasteiger partial charge in [0.2, 0.25) is 0 Å². The second-order valence-corrected chi connectivity index (χ2v) is 4.54. The summed E-state index contributed by atoms with van der Waals surface area (Å²) in [5.74, 6) is 0. The first-order valence-corrected chi connectivity index (χ1v) is 6.86. The molecule has 0 aliphatic heterocycles. The van der Waals surface area contributed by atoms with Gasteiger partial charge in [-0.25, -0.2) is 0 Å². The summed E-state index contributed by atoms with van der Waals surface area (Å²) in [4.78, 5) is 0. The summed E-state index contributed by atoms with van der Waals surface area (Å²) in [5.41, 5.74) is 2.43. The van der Waals surface area contributed by atoms with Gasteiger partial charge in [-0.15, -0.1) is 0 Å². The maximum atomic E-state index is 5.64. The van der Waals surface area contributed by atoms with Crippen LogP contribution in [0.2, 0.25) is 0 Å². The van der Waals surface area contributed by atoms with Gasteiger partial charge >= 0.3 is 0 Å². The van der Waals surface area contributed by atoms with Crippen molar-refractivity contribution in [1.29, 1.82) is 0 Å².